The Morgan fingerprint density at radius 2 is 1.65 bits per heavy atom. The van der Waals surface area contributed by atoms with Crippen LogP contribution in [0.2, 0.25) is 10.0 Å². The van der Waals surface area contributed by atoms with E-state index in [1.54, 1.807) is 0 Å². The van der Waals surface area contributed by atoms with Crippen molar-refractivity contribution in [1.29, 1.82) is 0 Å². The molecule has 3 rings (SSSR count). The number of benzene rings is 2. The van der Waals surface area contributed by atoms with E-state index in [4.69, 9.17) is 23.2 Å². The second kappa shape index (κ2) is 6.17. The normalized spacial score (nSPS) is 15.1. The van der Waals surface area contributed by atoms with Gasteiger partial charge in [0, 0.05) is 29.7 Å². The predicted octanol–water partition coefficient (Wildman–Crippen LogP) is 4.59. The average molecular weight is 306 g/mol. The fourth-order valence-corrected chi connectivity index (χ4v) is 3.03. The van der Waals surface area contributed by atoms with Gasteiger partial charge in [-0.05, 0) is 53.8 Å². The summed E-state index contributed by atoms with van der Waals surface area (Å²) in [4.78, 5) is 2.49. The molecule has 1 nitrogen and oxygen atoms in total. The fraction of sp³-hybridized carbons (Fsp3) is 0.294. The zero-order valence-electron chi connectivity index (χ0n) is 11.3. The molecule has 2 aromatic rings. The molecule has 0 bridgehead atoms. The zero-order valence-corrected chi connectivity index (χ0v) is 12.8. The SMILES string of the molecule is Clc1ccc(CCN2CCc3ccc(Cl)cc3C2)cc1. The van der Waals surface area contributed by atoms with E-state index in [1.807, 2.05) is 18.2 Å². The van der Waals surface area contributed by atoms with Gasteiger partial charge in [-0.3, -0.25) is 4.90 Å². The quantitative estimate of drug-likeness (QED) is 0.801. The van der Waals surface area contributed by atoms with Crippen LogP contribution in [-0.2, 0) is 19.4 Å². The molecule has 3 heteroatoms. The summed E-state index contributed by atoms with van der Waals surface area (Å²) in [6, 6.07) is 14.4. The molecule has 104 valence electrons. The molecule has 0 spiro atoms. The van der Waals surface area contributed by atoms with E-state index in [2.05, 4.69) is 29.2 Å². The monoisotopic (exact) mass is 305 g/mol. The standard InChI is InChI=1S/C17H17Cl2N/c18-16-4-1-13(2-5-16)7-9-20-10-8-14-3-6-17(19)11-15(14)12-20/h1-6,11H,7-10,12H2. The molecule has 1 heterocycles. The molecule has 0 unspecified atom stereocenters. The molecule has 1 aliphatic rings. The van der Waals surface area contributed by atoms with Gasteiger partial charge in [-0.1, -0.05) is 41.4 Å². The van der Waals surface area contributed by atoms with Crippen molar-refractivity contribution in [2.45, 2.75) is 19.4 Å². The van der Waals surface area contributed by atoms with Gasteiger partial charge in [-0.15, -0.1) is 0 Å². The molecule has 0 N–H and O–H groups in total. The van der Waals surface area contributed by atoms with Crippen LogP contribution in [0.25, 0.3) is 0 Å². The molecule has 0 radical (unpaired) electrons. The Kier molecular flexibility index (Phi) is 4.30. The van der Waals surface area contributed by atoms with Crippen molar-refractivity contribution in [2.24, 2.45) is 0 Å². The first kappa shape index (κ1) is 13.9. The minimum atomic E-state index is 0.801. The summed E-state index contributed by atoms with van der Waals surface area (Å²) in [7, 11) is 0. The largest absolute Gasteiger partial charge is 0.298 e. The topological polar surface area (TPSA) is 3.24 Å². The smallest absolute Gasteiger partial charge is 0.0409 e. The Balaban J connectivity index is 1.61. The van der Waals surface area contributed by atoms with Gasteiger partial charge >= 0.3 is 0 Å². The first-order chi connectivity index (χ1) is 9.70. The van der Waals surface area contributed by atoms with Gasteiger partial charge in [0.25, 0.3) is 0 Å². The Bertz CT molecular complexity index is 592. The van der Waals surface area contributed by atoms with E-state index >= 15 is 0 Å². The maximum atomic E-state index is 6.08. The average Bonchev–Trinajstić information content (AvgIpc) is 2.46. The second-order valence-corrected chi connectivity index (χ2v) is 6.19. The predicted molar refractivity (Wildman–Crippen MR) is 85.6 cm³/mol. The summed E-state index contributed by atoms with van der Waals surface area (Å²) in [5.41, 5.74) is 4.16. The van der Waals surface area contributed by atoms with Crippen LogP contribution in [0, 0.1) is 0 Å². The molecule has 0 saturated heterocycles. The highest BCUT2D eigenvalue weighted by Gasteiger charge is 2.15. The molecule has 20 heavy (non-hydrogen) atoms. The summed E-state index contributed by atoms with van der Waals surface area (Å²) in [6.45, 7) is 3.21. The zero-order chi connectivity index (χ0) is 13.9. The highest BCUT2D eigenvalue weighted by Crippen LogP contribution is 2.22. The van der Waals surface area contributed by atoms with E-state index in [0.717, 1.165) is 42.5 Å². The van der Waals surface area contributed by atoms with Gasteiger partial charge < -0.3 is 0 Å². The highest BCUT2D eigenvalue weighted by atomic mass is 35.5. The minimum absolute atomic E-state index is 0.801. The number of nitrogens with zero attached hydrogens (tertiary/aromatic N) is 1. The van der Waals surface area contributed by atoms with Crippen LogP contribution in [0.3, 0.4) is 0 Å². The summed E-state index contributed by atoms with van der Waals surface area (Å²) in [6.07, 6.45) is 2.18. The number of halogens is 2. The lowest BCUT2D eigenvalue weighted by Gasteiger charge is -2.28. The van der Waals surface area contributed by atoms with Crippen LogP contribution < -0.4 is 0 Å². The van der Waals surface area contributed by atoms with Crippen molar-refractivity contribution in [1.82, 2.24) is 4.90 Å². The van der Waals surface area contributed by atoms with Crippen molar-refractivity contribution in [3.05, 3.63) is 69.2 Å². The van der Waals surface area contributed by atoms with E-state index < -0.39 is 0 Å². The van der Waals surface area contributed by atoms with Gasteiger partial charge in [-0.25, -0.2) is 0 Å². The molecular weight excluding hydrogens is 289 g/mol. The minimum Gasteiger partial charge on any atom is -0.298 e. The highest BCUT2D eigenvalue weighted by molar-refractivity contribution is 6.30. The third-order valence-corrected chi connectivity index (χ3v) is 4.38. The van der Waals surface area contributed by atoms with E-state index in [0.29, 0.717) is 0 Å². The van der Waals surface area contributed by atoms with Crippen molar-refractivity contribution in [3.8, 4) is 0 Å². The van der Waals surface area contributed by atoms with Crippen LogP contribution in [0.1, 0.15) is 16.7 Å². The van der Waals surface area contributed by atoms with Crippen LogP contribution in [0.4, 0.5) is 0 Å². The molecular formula is C17H17Cl2N. The molecule has 2 aromatic carbocycles. The van der Waals surface area contributed by atoms with E-state index in [9.17, 15) is 0 Å². The van der Waals surface area contributed by atoms with Crippen LogP contribution in [0.15, 0.2) is 42.5 Å². The molecule has 0 aliphatic carbocycles. The number of fused-ring (bicyclic) bond motifs is 1. The number of rotatable bonds is 3. The van der Waals surface area contributed by atoms with Gasteiger partial charge in [0.2, 0.25) is 0 Å². The first-order valence-electron chi connectivity index (χ1n) is 6.95. The Hall–Kier alpha value is -1.02. The fourth-order valence-electron chi connectivity index (χ4n) is 2.71. The van der Waals surface area contributed by atoms with Gasteiger partial charge in [0.05, 0.1) is 0 Å². The lowest BCUT2D eigenvalue weighted by molar-refractivity contribution is 0.257. The molecule has 1 aliphatic heterocycles. The van der Waals surface area contributed by atoms with E-state index in [1.165, 1.54) is 16.7 Å². The first-order valence-corrected chi connectivity index (χ1v) is 7.70. The molecule has 0 aromatic heterocycles. The number of hydrogen-bond donors (Lipinski definition) is 0. The Morgan fingerprint density at radius 3 is 2.45 bits per heavy atom. The number of hydrogen-bond acceptors (Lipinski definition) is 1. The van der Waals surface area contributed by atoms with Gasteiger partial charge in [0.1, 0.15) is 0 Å². The second-order valence-electron chi connectivity index (χ2n) is 5.32. The lowest BCUT2D eigenvalue weighted by atomic mass is 9.99. The maximum absolute atomic E-state index is 6.08. The summed E-state index contributed by atoms with van der Waals surface area (Å²) in [5.74, 6) is 0. The van der Waals surface area contributed by atoms with Crippen LogP contribution in [-0.4, -0.2) is 18.0 Å². The maximum Gasteiger partial charge on any atom is 0.0409 e. The van der Waals surface area contributed by atoms with Crippen molar-refractivity contribution in [3.63, 3.8) is 0 Å². The van der Waals surface area contributed by atoms with Crippen LogP contribution in [0.5, 0.6) is 0 Å². The molecule has 0 saturated carbocycles. The third-order valence-electron chi connectivity index (χ3n) is 3.89. The lowest BCUT2D eigenvalue weighted by Crippen LogP contribution is -2.32. The van der Waals surface area contributed by atoms with Crippen molar-refractivity contribution < 1.29 is 0 Å². The van der Waals surface area contributed by atoms with Gasteiger partial charge in [0.15, 0.2) is 0 Å². The summed E-state index contributed by atoms with van der Waals surface area (Å²) >= 11 is 12.0. The van der Waals surface area contributed by atoms with Crippen LogP contribution >= 0.6 is 23.2 Å². The Labute approximate surface area is 130 Å². The summed E-state index contributed by atoms with van der Waals surface area (Å²) in [5, 5.41) is 1.64. The Morgan fingerprint density at radius 1 is 0.900 bits per heavy atom. The molecule has 0 atom stereocenters. The molecule has 0 fully saturated rings. The van der Waals surface area contributed by atoms with Crippen molar-refractivity contribution in [2.75, 3.05) is 13.1 Å². The van der Waals surface area contributed by atoms with E-state index in [-0.39, 0.29) is 0 Å². The van der Waals surface area contributed by atoms with Gasteiger partial charge in [-0.2, -0.15) is 0 Å². The third kappa shape index (κ3) is 3.35. The molecule has 0 amide bonds. The summed E-state index contributed by atoms with van der Waals surface area (Å²) < 4.78 is 0. The van der Waals surface area contributed by atoms with Crippen molar-refractivity contribution >= 4 is 23.2 Å².